The maximum Gasteiger partial charge on any atom is 0.253 e. The third-order valence-electron chi connectivity index (χ3n) is 4.88. The number of aromatic nitrogens is 1. The smallest absolute Gasteiger partial charge is 0.253 e. The quantitative estimate of drug-likeness (QED) is 0.739. The highest BCUT2D eigenvalue weighted by Crippen LogP contribution is 2.28. The molecule has 6 nitrogen and oxygen atoms in total. The first-order chi connectivity index (χ1) is 13.4. The molecule has 1 amide bonds. The Morgan fingerprint density at radius 2 is 1.75 bits per heavy atom. The minimum absolute atomic E-state index is 0.000715. The van der Waals surface area contributed by atoms with E-state index in [1.807, 2.05) is 12.1 Å². The molecule has 0 spiro atoms. The molecule has 1 aromatic heterocycles. The molecule has 0 radical (unpaired) electrons. The van der Waals surface area contributed by atoms with Crippen molar-refractivity contribution in [3.8, 4) is 0 Å². The molecular formula is C20H24ClN3O3S. The molecule has 2 heterocycles. The highest BCUT2D eigenvalue weighted by atomic mass is 35.5. The van der Waals surface area contributed by atoms with Crippen LogP contribution in [0.15, 0.2) is 47.6 Å². The molecular weight excluding hydrogens is 398 g/mol. The van der Waals surface area contributed by atoms with E-state index >= 15 is 0 Å². The Morgan fingerprint density at radius 3 is 2.39 bits per heavy atom. The van der Waals surface area contributed by atoms with E-state index in [4.69, 9.17) is 11.6 Å². The van der Waals surface area contributed by atoms with Crippen LogP contribution in [0.3, 0.4) is 0 Å². The molecule has 0 saturated carbocycles. The molecule has 0 atom stereocenters. The number of benzene rings is 1. The Labute approximate surface area is 171 Å². The van der Waals surface area contributed by atoms with Crippen LogP contribution in [0.4, 0.5) is 0 Å². The van der Waals surface area contributed by atoms with Crippen LogP contribution < -0.4 is 0 Å². The second-order valence-electron chi connectivity index (χ2n) is 6.98. The van der Waals surface area contributed by atoms with E-state index in [9.17, 15) is 13.2 Å². The summed E-state index contributed by atoms with van der Waals surface area (Å²) in [6, 6.07) is 8.12. The summed E-state index contributed by atoms with van der Waals surface area (Å²) in [5.74, 6) is -0.263. The van der Waals surface area contributed by atoms with Crippen LogP contribution in [0, 0.1) is 0 Å². The van der Waals surface area contributed by atoms with Crippen LogP contribution in [0.2, 0.25) is 5.02 Å². The first-order valence-corrected chi connectivity index (χ1v) is 11.2. The van der Waals surface area contributed by atoms with Crippen LogP contribution in [-0.2, 0) is 16.6 Å². The first-order valence-electron chi connectivity index (χ1n) is 9.33. The van der Waals surface area contributed by atoms with Crippen LogP contribution in [-0.4, -0.2) is 48.7 Å². The third kappa shape index (κ3) is 4.71. The summed E-state index contributed by atoms with van der Waals surface area (Å²) in [4.78, 5) is 18.3. The van der Waals surface area contributed by atoms with Crippen LogP contribution >= 0.6 is 11.6 Å². The van der Waals surface area contributed by atoms with E-state index in [-0.39, 0.29) is 15.8 Å². The molecule has 0 bridgehead atoms. The van der Waals surface area contributed by atoms with Crippen molar-refractivity contribution in [1.29, 1.82) is 0 Å². The van der Waals surface area contributed by atoms with Crippen molar-refractivity contribution < 1.29 is 13.2 Å². The normalized spacial score (nSPS) is 15.8. The van der Waals surface area contributed by atoms with Gasteiger partial charge in [0.15, 0.2) is 0 Å². The number of pyridine rings is 1. The molecule has 1 aliphatic rings. The molecule has 0 N–H and O–H groups in total. The molecule has 28 heavy (non-hydrogen) atoms. The SMILES string of the molecule is CN(Cc1ccncc1)C(=O)c1ccc(Cl)c(S(=O)(=O)N2CCCCCC2)c1. The summed E-state index contributed by atoms with van der Waals surface area (Å²) < 4.78 is 27.7. The monoisotopic (exact) mass is 421 g/mol. The van der Waals surface area contributed by atoms with Crippen molar-refractivity contribution in [3.05, 3.63) is 58.9 Å². The molecule has 150 valence electrons. The van der Waals surface area contributed by atoms with Crippen molar-refractivity contribution in [3.63, 3.8) is 0 Å². The van der Waals surface area contributed by atoms with Gasteiger partial charge in [0.1, 0.15) is 4.90 Å². The predicted octanol–water partition coefficient (Wildman–Crippen LogP) is 3.57. The van der Waals surface area contributed by atoms with E-state index in [0.29, 0.717) is 25.2 Å². The molecule has 3 rings (SSSR count). The van der Waals surface area contributed by atoms with Gasteiger partial charge in [0.2, 0.25) is 10.0 Å². The van der Waals surface area contributed by atoms with Gasteiger partial charge in [0.25, 0.3) is 5.91 Å². The van der Waals surface area contributed by atoms with Crippen LogP contribution in [0.1, 0.15) is 41.6 Å². The molecule has 8 heteroatoms. The molecule has 0 unspecified atom stereocenters. The van der Waals surface area contributed by atoms with Crippen molar-refractivity contribution in [1.82, 2.24) is 14.2 Å². The molecule has 0 aliphatic carbocycles. The molecule has 1 aromatic carbocycles. The van der Waals surface area contributed by atoms with Gasteiger partial charge in [0.05, 0.1) is 5.02 Å². The number of halogens is 1. The van der Waals surface area contributed by atoms with Gasteiger partial charge in [-0.3, -0.25) is 9.78 Å². The fourth-order valence-corrected chi connectivity index (χ4v) is 5.33. The highest BCUT2D eigenvalue weighted by molar-refractivity contribution is 7.89. The summed E-state index contributed by atoms with van der Waals surface area (Å²) >= 11 is 6.22. The fourth-order valence-electron chi connectivity index (χ4n) is 3.31. The lowest BCUT2D eigenvalue weighted by Gasteiger charge is -2.22. The standard InChI is InChI=1S/C20H24ClN3O3S/c1-23(15-16-8-10-22-11-9-16)20(25)17-6-7-18(21)19(14-17)28(26,27)24-12-4-2-3-5-13-24/h6-11,14H,2-5,12-13,15H2,1H3. The minimum Gasteiger partial charge on any atom is -0.337 e. The molecule has 2 aromatic rings. The van der Waals surface area contributed by atoms with E-state index < -0.39 is 10.0 Å². The zero-order valence-electron chi connectivity index (χ0n) is 15.8. The maximum absolute atomic E-state index is 13.1. The summed E-state index contributed by atoms with van der Waals surface area (Å²) in [6.07, 6.45) is 7.06. The number of hydrogen-bond donors (Lipinski definition) is 0. The zero-order chi connectivity index (χ0) is 20.1. The van der Waals surface area contributed by atoms with Crippen molar-refractivity contribution in [2.45, 2.75) is 37.1 Å². The second-order valence-corrected chi connectivity index (χ2v) is 9.29. The maximum atomic E-state index is 13.1. The number of hydrogen-bond acceptors (Lipinski definition) is 4. The molecule has 1 fully saturated rings. The van der Waals surface area contributed by atoms with Gasteiger partial charge in [-0.05, 0) is 48.7 Å². The lowest BCUT2D eigenvalue weighted by Crippen LogP contribution is -2.32. The third-order valence-corrected chi connectivity index (χ3v) is 7.26. The van der Waals surface area contributed by atoms with Gasteiger partial charge in [-0.15, -0.1) is 0 Å². The lowest BCUT2D eigenvalue weighted by molar-refractivity contribution is 0.0785. The Bertz CT molecular complexity index is 927. The van der Waals surface area contributed by atoms with E-state index in [1.54, 1.807) is 30.4 Å². The number of sulfonamides is 1. The van der Waals surface area contributed by atoms with Crippen LogP contribution in [0.5, 0.6) is 0 Å². The van der Waals surface area contributed by atoms with E-state index in [0.717, 1.165) is 31.2 Å². The minimum atomic E-state index is -3.73. The van der Waals surface area contributed by atoms with E-state index in [1.165, 1.54) is 16.4 Å². The zero-order valence-corrected chi connectivity index (χ0v) is 17.4. The number of carbonyl (C=O) groups excluding carboxylic acids is 1. The molecule has 1 saturated heterocycles. The summed E-state index contributed by atoms with van der Waals surface area (Å²) in [7, 11) is -2.05. The average molecular weight is 422 g/mol. The van der Waals surface area contributed by atoms with Crippen molar-refractivity contribution >= 4 is 27.5 Å². The number of carbonyl (C=O) groups is 1. The highest BCUT2D eigenvalue weighted by Gasteiger charge is 2.28. The van der Waals surface area contributed by atoms with Crippen LogP contribution in [0.25, 0.3) is 0 Å². The first kappa shape index (κ1) is 20.8. The summed E-state index contributed by atoms with van der Waals surface area (Å²) in [5.41, 5.74) is 1.24. The fraction of sp³-hybridized carbons (Fsp3) is 0.400. The van der Waals surface area contributed by atoms with Crippen molar-refractivity contribution in [2.75, 3.05) is 20.1 Å². The topological polar surface area (TPSA) is 70.6 Å². The van der Waals surface area contributed by atoms with Gasteiger partial charge in [-0.1, -0.05) is 24.4 Å². The van der Waals surface area contributed by atoms with Gasteiger partial charge in [-0.2, -0.15) is 4.31 Å². The predicted molar refractivity (Wildman–Crippen MR) is 109 cm³/mol. The van der Waals surface area contributed by atoms with Gasteiger partial charge >= 0.3 is 0 Å². The Kier molecular flexibility index (Phi) is 6.69. The largest absolute Gasteiger partial charge is 0.337 e. The average Bonchev–Trinajstić information content (AvgIpc) is 2.98. The van der Waals surface area contributed by atoms with Crippen molar-refractivity contribution in [2.24, 2.45) is 0 Å². The Balaban J connectivity index is 1.85. The lowest BCUT2D eigenvalue weighted by atomic mass is 10.2. The van der Waals surface area contributed by atoms with E-state index in [2.05, 4.69) is 4.98 Å². The molecule has 1 aliphatic heterocycles. The number of rotatable bonds is 5. The Hall–Kier alpha value is -1.96. The summed E-state index contributed by atoms with van der Waals surface area (Å²) in [6.45, 7) is 1.37. The number of amides is 1. The van der Waals surface area contributed by atoms with Gasteiger partial charge < -0.3 is 4.90 Å². The number of nitrogens with zero attached hydrogens (tertiary/aromatic N) is 3. The van der Waals surface area contributed by atoms with Gasteiger partial charge in [0, 0.05) is 44.6 Å². The van der Waals surface area contributed by atoms with Gasteiger partial charge in [-0.25, -0.2) is 8.42 Å². The Morgan fingerprint density at radius 1 is 1.11 bits per heavy atom. The second kappa shape index (κ2) is 9.03. The summed E-state index contributed by atoms with van der Waals surface area (Å²) in [5, 5.41) is 0.137.